The summed E-state index contributed by atoms with van der Waals surface area (Å²) in [5.74, 6) is -0.744. The maximum absolute atomic E-state index is 12.1. The number of likely N-dealkylation sites (tertiary alicyclic amines) is 1. The number of aliphatic carboxylic acids is 1. The number of hydrogen-bond donors (Lipinski definition) is 1. The van der Waals surface area contributed by atoms with E-state index < -0.39 is 5.97 Å². The number of nitrogens with zero attached hydrogens (tertiary/aromatic N) is 1. The predicted octanol–water partition coefficient (Wildman–Crippen LogP) is 2.59. The van der Waals surface area contributed by atoms with Gasteiger partial charge < -0.3 is 10.0 Å². The minimum absolute atomic E-state index is 0.0394. The van der Waals surface area contributed by atoms with Gasteiger partial charge in [-0.1, -0.05) is 31.2 Å². The molecule has 0 radical (unpaired) electrons. The first-order valence-electron chi connectivity index (χ1n) is 7.36. The Balaban J connectivity index is 1.89. The molecule has 1 heterocycles. The molecular formula is C17H21NO3. The highest BCUT2D eigenvalue weighted by molar-refractivity contribution is 5.92. The van der Waals surface area contributed by atoms with Crippen LogP contribution in [0.4, 0.5) is 0 Å². The van der Waals surface area contributed by atoms with Gasteiger partial charge in [0.2, 0.25) is 5.91 Å². The number of hydrogen-bond acceptors (Lipinski definition) is 2. The minimum atomic E-state index is -0.791. The molecule has 1 aromatic carbocycles. The summed E-state index contributed by atoms with van der Waals surface area (Å²) < 4.78 is 0. The van der Waals surface area contributed by atoms with Gasteiger partial charge in [0.25, 0.3) is 0 Å². The van der Waals surface area contributed by atoms with Crippen molar-refractivity contribution < 1.29 is 14.7 Å². The Morgan fingerprint density at radius 3 is 2.67 bits per heavy atom. The van der Waals surface area contributed by atoms with E-state index in [1.807, 2.05) is 18.2 Å². The number of rotatable bonds is 5. The number of carbonyl (C=O) groups excluding carboxylic acids is 1. The smallest absolute Gasteiger partial charge is 0.303 e. The zero-order valence-electron chi connectivity index (χ0n) is 12.3. The lowest BCUT2D eigenvalue weighted by Crippen LogP contribution is -2.27. The number of carboxylic acid groups (broad SMARTS) is 1. The summed E-state index contributed by atoms with van der Waals surface area (Å²) in [6.45, 7) is 3.30. The van der Waals surface area contributed by atoms with Crippen molar-refractivity contribution >= 4 is 18.0 Å². The van der Waals surface area contributed by atoms with Gasteiger partial charge in [0, 0.05) is 25.6 Å². The van der Waals surface area contributed by atoms with Crippen molar-refractivity contribution in [2.24, 2.45) is 5.92 Å². The first-order valence-corrected chi connectivity index (χ1v) is 7.36. The second-order valence-electron chi connectivity index (χ2n) is 5.47. The van der Waals surface area contributed by atoms with Crippen LogP contribution in [0.2, 0.25) is 0 Å². The first kappa shape index (κ1) is 15.3. The summed E-state index contributed by atoms with van der Waals surface area (Å²) >= 11 is 0. The van der Waals surface area contributed by atoms with Crippen LogP contribution in [-0.2, 0) is 16.0 Å². The highest BCUT2D eigenvalue weighted by Gasteiger charge is 2.26. The maximum Gasteiger partial charge on any atom is 0.303 e. The molecule has 21 heavy (non-hydrogen) atoms. The molecular weight excluding hydrogens is 266 g/mol. The van der Waals surface area contributed by atoms with Gasteiger partial charge in [0.1, 0.15) is 0 Å². The van der Waals surface area contributed by atoms with Crippen molar-refractivity contribution in [3.05, 3.63) is 41.5 Å². The lowest BCUT2D eigenvalue weighted by molar-refractivity contribution is -0.138. The molecule has 2 rings (SSSR count). The number of amides is 1. The Bertz CT molecular complexity index is 533. The Labute approximate surface area is 125 Å². The largest absolute Gasteiger partial charge is 0.481 e. The van der Waals surface area contributed by atoms with Gasteiger partial charge >= 0.3 is 5.97 Å². The van der Waals surface area contributed by atoms with Crippen LogP contribution in [0.1, 0.15) is 30.9 Å². The summed E-state index contributed by atoms with van der Waals surface area (Å²) in [5, 5.41) is 8.78. The van der Waals surface area contributed by atoms with Crippen molar-refractivity contribution in [1.82, 2.24) is 4.90 Å². The number of carboxylic acids is 1. The molecule has 1 amide bonds. The van der Waals surface area contributed by atoms with E-state index in [0.717, 1.165) is 18.4 Å². The Morgan fingerprint density at radius 1 is 1.33 bits per heavy atom. The van der Waals surface area contributed by atoms with Crippen LogP contribution < -0.4 is 0 Å². The first-order chi connectivity index (χ1) is 10.1. The zero-order chi connectivity index (χ0) is 15.2. The van der Waals surface area contributed by atoms with Crippen LogP contribution in [-0.4, -0.2) is 35.0 Å². The number of benzene rings is 1. The normalized spacial score (nSPS) is 18.3. The third kappa shape index (κ3) is 4.45. The highest BCUT2D eigenvalue weighted by Crippen LogP contribution is 2.20. The van der Waals surface area contributed by atoms with E-state index in [4.69, 9.17) is 5.11 Å². The van der Waals surface area contributed by atoms with Crippen LogP contribution in [0.15, 0.2) is 30.3 Å². The topological polar surface area (TPSA) is 57.6 Å². The van der Waals surface area contributed by atoms with E-state index in [1.54, 1.807) is 11.0 Å². The maximum atomic E-state index is 12.1. The molecule has 1 unspecified atom stereocenters. The third-order valence-electron chi connectivity index (χ3n) is 3.87. The second kappa shape index (κ2) is 7.07. The van der Waals surface area contributed by atoms with E-state index >= 15 is 0 Å². The number of aryl methyl sites for hydroxylation is 1. The zero-order valence-corrected chi connectivity index (χ0v) is 12.3. The molecule has 1 aliphatic rings. The van der Waals surface area contributed by atoms with Gasteiger partial charge in [-0.05, 0) is 36.0 Å². The van der Waals surface area contributed by atoms with Gasteiger partial charge in [0.15, 0.2) is 0 Å². The van der Waals surface area contributed by atoms with Gasteiger partial charge in [-0.2, -0.15) is 0 Å². The van der Waals surface area contributed by atoms with Gasteiger partial charge in [-0.3, -0.25) is 9.59 Å². The predicted molar refractivity (Wildman–Crippen MR) is 81.8 cm³/mol. The number of carbonyl (C=O) groups is 2. The molecule has 1 N–H and O–H groups in total. The lowest BCUT2D eigenvalue weighted by Gasteiger charge is -2.13. The van der Waals surface area contributed by atoms with Crippen molar-refractivity contribution in [3.63, 3.8) is 0 Å². The van der Waals surface area contributed by atoms with E-state index in [0.29, 0.717) is 13.1 Å². The average molecular weight is 287 g/mol. The van der Waals surface area contributed by atoms with Gasteiger partial charge in [-0.15, -0.1) is 0 Å². The standard InChI is InChI=1S/C17H21NO3/c1-2-13-3-5-14(6-4-13)7-8-16(19)18-10-9-15(12-18)11-17(20)21/h3-8,15H,2,9-12H2,1H3,(H,20,21). The van der Waals surface area contributed by atoms with Crippen LogP contribution in [0, 0.1) is 5.92 Å². The monoisotopic (exact) mass is 287 g/mol. The third-order valence-corrected chi connectivity index (χ3v) is 3.87. The summed E-state index contributed by atoms with van der Waals surface area (Å²) in [6.07, 6.45) is 5.31. The van der Waals surface area contributed by atoms with E-state index in [2.05, 4.69) is 19.1 Å². The SMILES string of the molecule is CCc1ccc(C=CC(=O)N2CCC(CC(=O)O)C2)cc1. The van der Waals surface area contributed by atoms with Gasteiger partial charge in [-0.25, -0.2) is 0 Å². The molecule has 4 nitrogen and oxygen atoms in total. The Kier molecular flexibility index (Phi) is 5.14. The summed E-state index contributed by atoms with van der Waals surface area (Å²) in [4.78, 5) is 24.5. The molecule has 1 fully saturated rings. The van der Waals surface area contributed by atoms with E-state index in [9.17, 15) is 9.59 Å². The molecule has 0 bridgehead atoms. The average Bonchev–Trinajstić information content (AvgIpc) is 2.93. The fourth-order valence-electron chi connectivity index (χ4n) is 2.58. The van der Waals surface area contributed by atoms with Crippen molar-refractivity contribution in [1.29, 1.82) is 0 Å². The molecule has 0 spiro atoms. The van der Waals surface area contributed by atoms with E-state index in [1.165, 1.54) is 5.56 Å². The fourth-order valence-corrected chi connectivity index (χ4v) is 2.58. The fraction of sp³-hybridized carbons (Fsp3) is 0.412. The molecule has 1 aromatic rings. The van der Waals surface area contributed by atoms with Crippen molar-refractivity contribution in [2.45, 2.75) is 26.2 Å². The molecule has 4 heteroatoms. The molecule has 1 atom stereocenters. The van der Waals surface area contributed by atoms with Crippen molar-refractivity contribution in [3.8, 4) is 0 Å². The highest BCUT2D eigenvalue weighted by atomic mass is 16.4. The second-order valence-corrected chi connectivity index (χ2v) is 5.47. The summed E-state index contributed by atoms with van der Waals surface area (Å²) in [5.41, 5.74) is 2.27. The van der Waals surface area contributed by atoms with Crippen LogP contribution in [0.25, 0.3) is 6.08 Å². The summed E-state index contributed by atoms with van der Waals surface area (Å²) in [6, 6.07) is 8.12. The minimum Gasteiger partial charge on any atom is -0.481 e. The van der Waals surface area contributed by atoms with Gasteiger partial charge in [0.05, 0.1) is 0 Å². The molecule has 0 saturated carbocycles. The molecule has 0 aliphatic carbocycles. The Morgan fingerprint density at radius 2 is 2.05 bits per heavy atom. The summed E-state index contributed by atoms with van der Waals surface area (Å²) in [7, 11) is 0. The molecule has 112 valence electrons. The molecule has 1 saturated heterocycles. The lowest BCUT2D eigenvalue weighted by atomic mass is 10.1. The van der Waals surface area contributed by atoms with E-state index in [-0.39, 0.29) is 18.2 Å². The quantitative estimate of drug-likeness (QED) is 0.847. The Hall–Kier alpha value is -2.10. The molecule has 1 aliphatic heterocycles. The molecule has 0 aromatic heterocycles. The van der Waals surface area contributed by atoms with Crippen molar-refractivity contribution in [2.75, 3.05) is 13.1 Å². The van der Waals surface area contributed by atoms with Crippen LogP contribution in [0.5, 0.6) is 0 Å². The van der Waals surface area contributed by atoms with Crippen LogP contribution >= 0.6 is 0 Å². The van der Waals surface area contributed by atoms with Crippen LogP contribution in [0.3, 0.4) is 0 Å².